The van der Waals surface area contributed by atoms with Gasteiger partial charge in [0.2, 0.25) is 0 Å². The maximum atomic E-state index is 12.6. The Labute approximate surface area is 170 Å². The van der Waals surface area contributed by atoms with Crippen molar-refractivity contribution in [2.24, 2.45) is 7.05 Å². The molecule has 0 aliphatic carbocycles. The van der Waals surface area contributed by atoms with Gasteiger partial charge in [-0.2, -0.15) is 0 Å². The molecule has 2 rings (SSSR count). The highest BCUT2D eigenvalue weighted by Crippen LogP contribution is 2.41. The molecule has 0 bridgehead atoms. The van der Waals surface area contributed by atoms with Crippen molar-refractivity contribution in [2.75, 3.05) is 0 Å². The third kappa shape index (κ3) is 3.51. The standard InChI is InChI=1S/C19H26BrN3OSSi/c1-11(2)26(12(3)4,13(5)6)9-8-14-15-10-21-19(25)22-17(15)23(7)18(24)16(14)20/h10-13H,1-7H3,(H,21,22,25). The number of pyridine rings is 1. The predicted molar refractivity (Wildman–Crippen MR) is 118 cm³/mol. The quantitative estimate of drug-likeness (QED) is 0.310. The second-order valence-corrected chi connectivity index (χ2v) is 14.4. The number of hydrogen-bond acceptors (Lipinski definition) is 4. The van der Waals surface area contributed by atoms with Crippen LogP contribution in [-0.2, 0) is 7.05 Å². The molecule has 0 N–H and O–H groups in total. The predicted octanol–water partition coefficient (Wildman–Crippen LogP) is 4.95. The van der Waals surface area contributed by atoms with Gasteiger partial charge in [-0.3, -0.25) is 9.36 Å². The Hall–Kier alpha value is -1.10. The monoisotopic (exact) mass is 451 g/mol. The maximum absolute atomic E-state index is 12.6. The molecular weight excluding hydrogens is 426 g/mol. The average molecular weight is 452 g/mol. The number of aryl methyl sites for hydroxylation is 1. The fourth-order valence-corrected chi connectivity index (χ4v) is 9.93. The first-order chi connectivity index (χ1) is 12.0. The van der Waals surface area contributed by atoms with Crippen molar-refractivity contribution in [3.63, 3.8) is 0 Å². The molecule has 4 nitrogen and oxygen atoms in total. The van der Waals surface area contributed by atoms with Crippen molar-refractivity contribution >= 4 is 47.7 Å². The van der Waals surface area contributed by atoms with E-state index >= 15 is 0 Å². The molecule has 0 aliphatic rings. The van der Waals surface area contributed by atoms with E-state index < -0.39 is 8.07 Å². The van der Waals surface area contributed by atoms with Gasteiger partial charge in [0, 0.05) is 13.2 Å². The van der Waals surface area contributed by atoms with Gasteiger partial charge in [-0.25, -0.2) is 9.97 Å². The first kappa shape index (κ1) is 21.2. The Kier molecular flexibility index (Phi) is 6.42. The molecule has 0 spiro atoms. The van der Waals surface area contributed by atoms with Crippen molar-refractivity contribution < 1.29 is 0 Å². The van der Waals surface area contributed by atoms with Crippen LogP contribution in [0.1, 0.15) is 47.1 Å². The number of rotatable bonds is 3. The van der Waals surface area contributed by atoms with Crippen LogP contribution < -0.4 is 5.56 Å². The van der Waals surface area contributed by atoms with Crippen LogP contribution in [0, 0.1) is 11.5 Å². The van der Waals surface area contributed by atoms with Crippen LogP contribution in [0.5, 0.6) is 0 Å². The van der Waals surface area contributed by atoms with E-state index in [0.29, 0.717) is 37.5 Å². The van der Waals surface area contributed by atoms with E-state index in [1.165, 1.54) is 4.57 Å². The Balaban J connectivity index is 2.85. The second kappa shape index (κ2) is 7.87. The highest BCUT2D eigenvalue weighted by Gasteiger charge is 2.41. The topological polar surface area (TPSA) is 47.8 Å². The summed E-state index contributed by atoms with van der Waals surface area (Å²) in [7, 11) is -0.213. The molecule has 0 saturated heterocycles. The van der Waals surface area contributed by atoms with Gasteiger partial charge in [0.1, 0.15) is 13.7 Å². The Bertz CT molecular complexity index is 935. The fraction of sp³-hybridized carbons (Fsp3) is 0.526. The van der Waals surface area contributed by atoms with Crippen LogP contribution in [0.4, 0.5) is 0 Å². The summed E-state index contributed by atoms with van der Waals surface area (Å²) in [5, 5.41) is 1.10. The summed E-state index contributed by atoms with van der Waals surface area (Å²) < 4.78 is 1.97. The van der Waals surface area contributed by atoms with E-state index in [2.05, 4.69) is 91.5 Å². The molecule has 2 aromatic heterocycles. The van der Waals surface area contributed by atoms with Crippen LogP contribution in [0.15, 0.2) is 20.6 Å². The van der Waals surface area contributed by atoms with Crippen molar-refractivity contribution in [2.45, 2.75) is 63.3 Å². The molecule has 0 fully saturated rings. The zero-order valence-electron chi connectivity index (χ0n) is 16.4. The largest absolute Gasteiger partial charge is 0.295 e. The molecule has 2 aromatic rings. The normalized spacial score (nSPS) is 12.2. The summed E-state index contributed by atoms with van der Waals surface area (Å²) in [6, 6.07) is 0. The SMILES string of the molecule is CC(C)[Si](C#Cc1c(Br)c(=O)n(C)c2nc(S)ncc12)(C(C)C)C(C)C. The molecule has 26 heavy (non-hydrogen) atoms. The third-order valence-electron chi connectivity index (χ3n) is 5.32. The molecule has 0 radical (unpaired) electrons. The Morgan fingerprint density at radius 2 is 1.69 bits per heavy atom. The van der Waals surface area contributed by atoms with E-state index in [4.69, 9.17) is 0 Å². The molecule has 2 heterocycles. The van der Waals surface area contributed by atoms with Crippen LogP contribution >= 0.6 is 28.6 Å². The molecule has 0 saturated carbocycles. The van der Waals surface area contributed by atoms with Gasteiger partial charge in [-0.15, -0.1) is 18.2 Å². The zero-order chi connectivity index (χ0) is 19.8. The minimum Gasteiger partial charge on any atom is -0.295 e. The van der Waals surface area contributed by atoms with Gasteiger partial charge in [-0.1, -0.05) is 47.5 Å². The molecule has 0 unspecified atom stereocenters. The minimum atomic E-state index is -1.91. The van der Waals surface area contributed by atoms with Crippen LogP contribution in [0.3, 0.4) is 0 Å². The van der Waals surface area contributed by atoms with Gasteiger partial charge in [0.05, 0.1) is 15.4 Å². The summed E-state index contributed by atoms with van der Waals surface area (Å²) in [5.74, 6) is 3.37. The zero-order valence-corrected chi connectivity index (χ0v) is 19.9. The number of thiol groups is 1. The van der Waals surface area contributed by atoms with Crippen LogP contribution in [0.25, 0.3) is 11.0 Å². The van der Waals surface area contributed by atoms with Crippen molar-refractivity contribution in [1.82, 2.24) is 14.5 Å². The number of hydrogen-bond donors (Lipinski definition) is 1. The highest BCUT2D eigenvalue weighted by molar-refractivity contribution is 9.10. The molecular formula is C19H26BrN3OSSi. The molecule has 0 atom stereocenters. The van der Waals surface area contributed by atoms with Gasteiger partial charge in [0.15, 0.2) is 5.16 Å². The number of aromatic nitrogens is 3. The lowest BCUT2D eigenvalue weighted by atomic mass is 10.2. The lowest BCUT2D eigenvalue weighted by Crippen LogP contribution is -2.43. The van der Waals surface area contributed by atoms with Gasteiger partial charge in [0.25, 0.3) is 5.56 Å². The first-order valence-corrected chi connectivity index (χ1v) is 12.3. The average Bonchev–Trinajstić information content (AvgIpc) is 2.55. The second-order valence-electron chi connectivity index (χ2n) is 7.61. The summed E-state index contributed by atoms with van der Waals surface area (Å²) in [6.07, 6.45) is 1.70. The summed E-state index contributed by atoms with van der Waals surface area (Å²) >= 11 is 7.66. The molecule has 0 amide bonds. The van der Waals surface area contributed by atoms with Crippen LogP contribution in [-0.4, -0.2) is 22.6 Å². The van der Waals surface area contributed by atoms with Gasteiger partial charge < -0.3 is 0 Å². The molecule has 0 aliphatic heterocycles. The maximum Gasteiger partial charge on any atom is 0.267 e. The summed E-state index contributed by atoms with van der Waals surface area (Å²) in [4.78, 5) is 21.1. The van der Waals surface area contributed by atoms with E-state index in [0.717, 1.165) is 5.39 Å². The summed E-state index contributed by atoms with van der Waals surface area (Å²) in [6.45, 7) is 13.6. The van der Waals surface area contributed by atoms with Gasteiger partial charge >= 0.3 is 0 Å². The van der Waals surface area contributed by atoms with Crippen molar-refractivity contribution in [1.29, 1.82) is 0 Å². The summed E-state index contributed by atoms with van der Waals surface area (Å²) in [5.41, 5.74) is 6.31. The lowest BCUT2D eigenvalue weighted by Gasteiger charge is -2.38. The smallest absolute Gasteiger partial charge is 0.267 e. The van der Waals surface area contributed by atoms with Crippen LogP contribution in [0.2, 0.25) is 16.6 Å². The Morgan fingerprint density at radius 1 is 1.15 bits per heavy atom. The first-order valence-electron chi connectivity index (χ1n) is 8.81. The number of nitrogens with zero attached hydrogens (tertiary/aromatic N) is 3. The van der Waals surface area contributed by atoms with Crippen molar-refractivity contribution in [3.05, 3.63) is 26.6 Å². The van der Waals surface area contributed by atoms with E-state index in [1.807, 2.05) is 0 Å². The fourth-order valence-electron chi connectivity index (χ4n) is 3.99. The molecule has 140 valence electrons. The van der Waals surface area contributed by atoms with Crippen molar-refractivity contribution in [3.8, 4) is 11.5 Å². The van der Waals surface area contributed by atoms with E-state index in [1.54, 1.807) is 13.2 Å². The Morgan fingerprint density at radius 3 is 2.19 bits per heavy atom. The van der Waals surface area contributed by atoms with E-state index in [-0.39, 0.29) is 5.56 Å². The molecule has 7 heteroatoms. The number of halogens is 1. The van der Waals surface area contributed by atoms with E-state index in [9.17, 15) is 4.79 Å². The third-order valence-corrected chi connectivity index (χ3v) is 12.6. The van der Waals surface area contributed by atoms with Gasteiger partial charge in [-0.05, 0) is 32.6 Å². The highest BCUT2D eigenvalue weighted by atomic mass is 79.9. The lowest BCUT2D eigenvalue weighted by molar-refractivity contribution is 0.838. The number of fused-ring (bicyclic) bond motifs is 1. The molecule has 0 aromatic carbocycles. The minimum absolute atomic E-state index is 0.154.